The maximum absolute atomic E-state index is 12.5. The summed E-state index contributed by atoms with van der Waals surface area (Å²) < 4.78 is 0. The second kappa shape index (κ2) is 5.70. The van der Waals surface area contributed by atoms with Gasteiger partial charge in [-0.25, -0.2) is 0 Å². The van der Waals surface area contributed by atoms with Gasteiger partial charge in [0.25, 0.3) is 0 Å². The van der Waals surface area contributed by atoms with Gasteiger partial charge >= 0.3 is 0 Å². The number of hydrogen-bond acceptors (Lipinski definition) is 2. The SMILES string of the molecule is CC[C@H]1CC[C@H]2C3=CC=C4N(C)C(=O)C(CO)C[C@]4(C)[C@H]3CC[C@]12C. The van der Waals surface area contributed by atoms with Gasteiger partial charge in [-0.2, -0.15) is 0 Å². The van der Waals surface area contributed by atoms with Crippen molar-refractivity contribution in [3.63, 3.8) is 0 Å². The third kappa shape index (κ3) is 2.17. The molecule has 3 heteroatoms. The van der Waals surface area contributed by atoms with Gasteiger partial charge in [0.2, 0.25) is 5.91 Å². The molecule has 138 valence electrons. The number of aliphatic hydroxyl groups is 1. The molecule has 4 rings (SSSR count). The number of carbonyl (C=O) groups excluding carboxylic acids is 1. The largest absolute Gasteiger partial charge is 0.396 e. The van der Waals surface area contributed by atoms with Crippen molar-refractivity contribution in [2.75, 3.05) is 13.7 Å². The molecule has 1 unspecified atom stereocenters. The summed E-state index contributed by atoms with van der Waals surface area (Å²) in [5.74, 6) is 1.94. The number of nitrogens with zero attached hydrogens (tertiary/aromatic N) is 1. The van der Waals surface area contributed by atoms with Gasteiger partial charge in [0.05, 0.1) is 12.5 Å². The van der Waals surface area contributed by atoms with Gasteiger partial charge in [-0.15, -0.1) is 0 Å². The van der Waals surface area contributed by atoms with Gasteiger partial charge in [-0.1, -0.05) is 38.8 Å². The van der Waals surface area contributed by atoms with Gasteiger partial charge in [0.1, 0.15) is 0 Å². The highest BCUT2D eigenvalue weighted by Crippen LogP contribution is 2.65. The predicted molar refractivity (Wildman–Crippen MR) is 99.6 cm³/mol. The molecule has 0 aromatic carbocycles. The van der Waals surface area contributed by atoms with E-state index in [1.54, 1.807) is 5.57 Å². The number of aliphatic hydroxyl groups excluding tert-OH is 1. The van der Waals surface area contributed by atoms with Crippen LogP contribution in [0.25, 0.3) is 0 Å². The van der Waals surface area contributed by atoms with Crippen LogP contribution in [0.15, 0.2) is 23.4 Å². The Morgan fingerprint density at radius 2 is 1.96 bits per heavy atom. The third-order valence-corrected chi connectivity index (χ3v) is 8.52. The van der Waals surface area contributed by atoms with E-state index in [1.165, 1.54) is 37.8 Å². The fourth-order valence-electron chi connectivity index (χ4n) is 7.11. The molecular weight excluding hydrogens is 310 g/mol. The van der Waals surface area contributed by atoms with Crippen LogP contribution in [-0.2, 0) is 4.79 Å². The van der Waals surface area contributed by atoms with Gasteiger partial charge in [0.15, 0.2) is 0 Å². The quantitative estimate of drug-likeness (QED) is 0.818. The summed E-state index contributed by atoms with van der Waals surface area (Å²) >= 11 is 0. The monoisotopic (exact) mass is 343 g/mol. The highest BCUT2D eigenvalue weighted by molar-refractivity contribution is 5.82. The smallest absolute Gasteiger partial charge is 0.231 e. The van der Waals surface area contributed by atoms with E-state index in [9.17, 15) is 9.90 Å². The summed E-state index contributed by atoms with van der Waals surface area (Å²) in [5.41, 5.74) is 3.28. The van der Waals surface area contributed by atoms with Crippen LogP contribution in [0.1, 0.15) is 59.3 Å². The molecule has 1 heterocycles. The van der Waals surface area contributed by atoms with Crippen LogP contribution in [-0.4, -0.2) is 29.6 Å². The average molecular weight is 344 g/mol. The lowest BCUT2D eigenvalue weighted by molar-refractivity contribution is -0.140. The number of hydrogen-bond donors (Lipinski definition) is 1. The van der Waals surface area contributed by atoms with Crippen molar-refractivity contribution < 1.29 is 9.90 Å². The molecule has 1 aliphatic heterocycles. The Kier molecular flexibility index (Phi) is 3.95. The molecule has 0 radical (unpaired) electrons. The lowest BCUT2D eigenvalue weighted by Crippen LogP contribution is -2.53. The van der Waals surface area contributed by atoms with E-state index in [1.807, 2.05) is 11.9 Å². The van der Waals surface area contributed by atoms with E-state index >= 15 is 0 Å². The highest BCUT2D eigenvalue weighted by atomic mass is 16.3. The summed E-state index contributed by atoms with van der Waals surface area (Å²) in [6.45, 7) is 7.20. The Labute approximate surface area is 152 Å². The average Bonchev–Trinajstić information content (AvgIpc) is 2.94. The molecule has 0 spiro atoms. The highest BCUT2D eigenvalue weighted by Gasteiger charge is 2.57. The van der Waals surface area contributed by atoms with Crippen molar-refractivity contribution in [2.45, 2.75) is 59.3 Å². The zero-order chi connectivity index (χ0) is 18.0. The fraction of sp³-hybridized carbons (Fsp3) is 0.773. The zero-order valence-corrected chi connectivity index (χ0v) is 16.2. The molecule has 1 N–H and O–H groups in total. The van der Waals surface area contributed by atoms with Crippen LogP contribution in [0, 0.1) is 34.5 Å². The Morgan fingerprint density at radius 1 is 1.20 bits per heavy atom. The molecule has 2 saturated carbocycles. The molecule has 4 aliphatic rings. The summed E-state index contributed by atoms with van der Waals surface area (Å²) in [7, 11) is 1.89. The molecule has 3 nitrogen and oxygen atoms in total. The predicted octanol–water partition coefficient (Wildman–Crippen LogP) is 4.14. The molecule has 0 bridgehead atoms. The van der Waals surface area contributed by atoms with Crippen molar-refractivity contribution in [1.82, 2.24) is 4.90 Å². The Morgan fingerprint density at radius 3 is 2.64 bits per heavy atom. The molecule has 6 atom stereocenters. The van der Waals surface area contributed by atoms with Crippen molar-refractivity contribution >= 4 is 5.91 Å². The van der Waals surface area contributed by atoms with Crippen LogP contribution in [0.3, 0.4) is 0 Å². The number of rotatable bonds is 2. The number of amides is 1. The first-order valence-corrected chi connectivity index (χ1v) is 10.2. The summed E-state index contributed by atoms with van der Waals surface area (Å²) in [4.78, 5) is 14.4. The van der Waals surface area contributed by atoms with E-state index in [0.717, 1.165) is 12.3 Å². The molecule has 25 heavy (non-hydrogen) atoms. The Balaban J connectivity index is 1.75. The second-order valence-electron chi connectivity index (χ2n) is 9.45. The first-order chi connectivity index (χ1) is 11.9. The first kappa shape index (κ1) is 17.3. The Bertz CT molecular complexity index is 650. The molecular formula is C22H33NO2. The molecule has 1 amide bonds. The number of carbonyl (C=O) groups is 1. The minimum Gasteiger partial charge on any atom is -0.396 e. The van der Waals surface area contributed by atoms with Gasteiger partial charge in [-0.05, 0) is 61.3 Å². The van der Waals surface area contributed by atoms with Crippen LogP contribution in [0.4, 0.5) is 0 Å². The van der Waals surface area contributed by atoms with E-state index in [4.69, 9.17) is 0 Å². The van der Waals surface area contributed by atoms with Crippen molar-refractivity contribution in [1.29, 1.82) is 0 Å². The standard InChI is InChI=1S/C22H33NO2/c1-5-15-6-8-17-16-7-9-19-22(3,18(16)10-11-21(15,17)2)12-14(13-24)20(25)23(19)4/h7,9,14-15,17-18,24H,5-6,8,10-13H2,1-4H3/t14?,15-,17-,18-,21+,22+/m0/s1. The van der Waals surface area contributed by atoms with Gasteiger partial charge in [0, 0.05) is 18.2 Å². The van der Waals surface area contributed by atoms with Crippen molar-refractivity contribution in [3.05, 3.63) is 23.4 Å². The first-order valence-electron chi connectivity index (χ1n) is 10.2. The number of fused-ring (bicyclic) bond motifs is 5. The van der Waals surface area contributed by atoms with E-state index in [-0.39, 0.29) is 23.8 Å². The summed E-state index contributed by atoms with van der Waals surface area (Å²) in [6.07, 6.45) is 11.9. The number of likely N-dealkylation sites (tertiary alicyclic amines) is 1. The summed E-state index contributed by atoms with van der Waals surface area (Å²) in [6, 6.07) is 0. The van der Waals surface area contributed by atoms with Crippen molar-refractivity contribution in [2.24, 2.45) is 34.5 Å². The third-order valence-electron chi connectivity index (χ3n) is 8.52. The lowest BCUT2D eigenvalue weighted by Gasteiger charge is -2.56. The normalized spacial score (nSPS) is 46.1. The zero-order valence-electron chi connectivity index (χ0n) is 16.2. The van der Waals surface area contributed by atoms with Crippen LogP contribution in [0.2, 0.25) is 0 Å². The van der Waals surface area contributed by atoms with E-state index in [2.05, 4.69) is 32.9 Å². The van der Waals surface area contributed by atoms with Gasteiger partial charge in [-0.3, -0.25) is 4.79 Å². The van der Waals surface area contributed by atoms with E-state index < -0.39 is 0 Å². The number of allylic oxidation sites excluding steroid dienone is 4. The molecule has 1 saturated heterocycles. The molecule has 0 aromatic heterocycles. The van der Waals surface area contributed by atoms with Crippen molar-refractivity contribution in [3.8, 4) is 0 Å². The molecule has 3 aliphatic carbocycles. The Hall–Kier alpha value is -1.09. The minimum absolute atomic E-state index is 0.00816. The topological polar surface area (TPSA) is 40.5 Å². The van der Waals surface area contributed by atoms with Crippen LogP contribution < -0.4 is 0 Å². The van der Waals surface area contributed by atoms with Crippen LogP contribution >= 0.6 is 0 Å². The van der Waals surface area contributed by atoms with Crippen LogP contribution in [0.5, 0.6) is 0 Å². The molecule has 0 aromatic rings. The number of piperidine rings is 1. The lowest BCUT2D eigenvalue weighted by atomic mass is 9.51. The van der Waals surface area contributed by atoms with Gasteiger partial charge < -0.3 is 10.0 Å². The minimum atomic E-state index is -0.244. The fourth-order valence-corrected chi connectivity index (χ4v) is 7.11. The molecule has 3 fully saturated rings. The second-order valence-corrected chi connectivity index (χ2v) is 9.45. The summed E-state index contributed by atoms with van der Waals surface area (Å²) in [5, 5.41) is 9.76. The van der Waals surface area contributed by atoms with E-state index in [0.29, 0.717) is 17.3 Å². The maximum Gasteiger partial charge on any atom is 0.231 e. The maximum atomic E-state index is 12.5.